The first-order chi connectivity index (χ1) is 6.67. The molecule has 0 unspecified atom stereocenters. The number of ether oxygens (including phenoxy) is 1. The first kappa shape index (κ1) is 11.2. The maximum absolute atomic E-state index is 9.05. The molecule has 0 heterocycles. The van der Waals surface area contributed by atoms with Crippen LogP contribution in [-0.2, 0) is 17.8 Å². The van der Waals surface area contributed by atoms with Crippen molar-refractivity contribution in [1.29, 1.82) is 0 Å². The lowest BCUT2D eigenvalue weighted by atomic mass is 9.78. The Balaban J connectivity index is 3.00. The fourth-order valence-electron chi connectivity index (χ4n) is 1.39. The van der Waals surface area contributed by atoms with E-state index in [0.29, 0.717) is 12.1 Å². The van der Waals surface area contributed by atoms with Crippen molar-refractivity contribution in [3.63, 3.8) is 0 Å². The van der Waals surface area contributed by atoms with E-state index in [1.54, 1.807) is 19.2 Å². The Kier molecular flexibility index (Phi) is 4.13. The zero-order chi connectivity index (χ0) is 10.6. The molecule has 0 amide bonds. The van der Waals surface area contributed by atoms with Gasteiger partial charge in [0.1, 0.15) is 0 Å². The van der Waals surface area contributed by atoms with Gasteiger partial charge in [-0.05, 0) is 23.0 Å². The van der Waals surface area contributed by atoms with E-state index in [1.807, 2.05) is 13.0 Å². The molecule has 2 N–H and O–H groups in total. The molecule has 0 aromatic heterocycles. The highest BCUT2D eigenvalue weighted by Crippen LogP contribution is 2.05. The Hall–Kier alpha value is -0.835. The van der Waals surface area contributed by atoms with Crippen LogP contribution < -0.4 is 5.46 Å². The molecule has 76 valence electrons. The highest BCUT2D eigenvalue weighted by atomic mass is 16.5. The van der Waals surface area contributed by atoms with Crippen LogP contribution in [0, 0.1) is 0 Å². The molecule has 1 aromatic rings. The lowest BCUT2D eigenvalue weighted by Crippen LogP contribution is -2.30. The molecule has 0 bridgehead atoms. The average molecular weight is 194 g/mol. The summed E-state index contributed by atoms with van der Waals surface area (Å²) in [5.74, 6) is 0. The van der Waals surface area contributed by atoms with Crippen molar-refractivity contribution in [3.8, 4) is 0 Å². The van der Waals surface area contributed by atoms with Crippen molar-refractivity contribution in [2.45, 2.75) is 20.0 Å². The van der Waals surface area contributed by atoms with Crippen LogP contribution in [0.4, 0.5) is 0 Å². The lowest BCUT2D eigenvalue weighted by Gasteiger charge is -2.07. The molecule has 4 heteroatoms. The Labute approximate surface area is 84.5 Å². The van der Waals surface area contributed by atoms with Gasteiger partial charge in [0.2, 0.25) is 0 Å². The zero-order valence-corrected chi connectivity index (χ0v) is 8.53. The van der Waals surface area contributed by atoms with Gasteiger partial charge in [-0.1, -0.05) is 25.1 Å². The van der Waals surface area contributed by atoms with Crippen LogP contribution >= 0.6 is 0 Å². The smallest absolute Gasteiger partial charge is 0.423 e. The summed E-state index contributed by atoms with van der Waals surface area (Å²) in [4.78, 5) is 0. The summed E-state index contributed by atoms with van der Waals surface area (Å²) in [5.41, 5.74) is 2.58. The third-order valence-electron chi connectivity index (χ3n) is 2.09. The van der Waals surface area contributed by atoms with Gasteiger partial charge in [-0.15, -0.1) is 0 Å². The highest BCUT2D eigenvalue weighted by Gasteiger charge is 2.12. The summed E-state index contributed by atoms with van der Waals surface area (Å²) in [5, 5.41) is 18.1. The summed E-state index contributed by atoms with van der Waals surface area (Å²) < 4.78 is 5.00. The summed E-state index contributed by atoms with van der Waals surface area (Å²) >= 11 is 0. The summed E-state index contributed by atoms with van der Waals surface area (Å²) in [6.07, 6.45) is 0.872. The predicted octanol–water partition coefficient (Wildman–Crippen LogP) is 0.0752. The second kappa shape index (κ2) is 5.15. The van der Waals surface area contributed by atoms with E-state index < -0.39 is 7.12 Å². The van der Waals surface area contributed by atoms with Crippen LogP contribution in [0.15, 0.2) is 18.2 Å². The van der Waals surface area contributed by atoms with Gasteiger partial charge in [-0.2, -0.15) is 0 Å². The normalized spacial score (nSPS) is 10.3. The van der Waals surface area contributed by atoms with Gasteiger partial charge in [-0.3, -0.25) is 0 Å². The minimum atomic E-state index is -1.41. The van der Waals surface area contributed by atoms with Crippen molar-refractivity contribution in [2.24, 2.45) is 0 Å². The quantitative estimate of drug-likeness (QED) is 0.667. The van der Waals surface area contributed by atoms with Crippen molar-refractivity contribution < 1.29 is 14.8 Å². The van der Waals surface area contributed by atoms with E-state index in [-0.39, 0.29) is 0 Å². The van der Waals surface area contributed by atoms with Gasteiger partial charge in [0.25, 0.3) is 0 Å². The standard InChI is InChI=1S/C10H15BO3/c1-3-8-4-9(7-14-2)6-10(5-8)11(12)13/h4-6,12-13H,3,7H2,1-2H3. The maximum Gasteiger partial charge on any atom is 0.488 e. The molecule has 0 fully saturated rings. The van der Waals surface area contributed by atoms with Gasteiger partial charge in [0, 0.05) is 7.11 Å². The third kappa shape index (κ3) is 2.84. The minimum absolute atomic E-state index is 0.494. The van der Waals surface area contributed by atoms with Crippen LogP contribution in [0.1, 0.15) is 18.1 Å². The molecule has 0 radical (unpaired) electrons. The van der Waals surface area contributed by atoms with Crippen LogP contribution in [-0.4, -0.2) is 24.3 Å². The Morgan fingerprint density at radius 3 is 2.36 bits per heavy atom. The topological polar surface area (TPSA) is 49.7 Å². The van der Waals surface area contributed by atoms with Crippen LogP contribution in [0.5, 0.6) is 0 Å². The fourth-order valence-corrected chi connectivity index (χ4v) is 1.39. The minimum Gasteiger partial charge on any atom is -0.423 e. The SMILES string of the molecule is CCc1cc(COC)cc(B(O)O)c1. The number of hydrogen-bond acceptors (Lipinski definition) is 3. The number of aryl methyl sites for hydroxylation is 1. The van der Waals surface area contributed by atoms with Crippen molar-refractivity contribution in [3.05, 3.63) is 29.3 Å². The molecule has 14 heavy (non-hydrogen) atoms. The van der Waals surface area contributed by atoms with E-state index in [1.165, 1.54) is 0 Å². The predicted molar refractivity (Wildman–Crippen MR) is 56.4 cm³/mol. The highest BCUT2D eigenvalue weighted by molar-refractivity contribution is 6.58. The average Bonchev–Trinajstić information content (AvgIpc) is 2.17. The molecular formula is C10H15BO3. The van der Waals surface area contributed by atoms with Crippen molar-refractivity contribution in [2.75, 3.05) is 7.11 Å². The van der Waals surface area contributed by atoms with Gasteiger partial charge >= 0.3 is 7.12 Å². The number of methoxy groups -OCH3 is 1. The fraction of sp³-hybridized carbons (Fsp3) is 0.400. The summed E-state index contributed by atoms with van der Waals surface area (Å²) in [6, 6.07) is 5.55. The lowest BCUT2D eigenvalue weighted by molar-refractivity contribution is 0.185. The molecule has 1 aromatic carbocycles. The molecule has 3 nitrogen and oxygen atoms in total. The Morgan fingerprint density at radius 1 is 1.21 bits per heavy atom. The zero-order valence-electron chi connectivity index (χ0n) is 8.53. The molecule has 0 saturated heterocycles. The van der Waals surface area contributed by atoms with E-state index in [0.717, 1.165) is 17.5 Å². The summed E-state index contributed by atoms with van der Waals surface area (Å²) in [6.45, 7) is 2.52. The van der Waals surface area contributed by atoms with E-state index in [9.17, 15) is 0 Å². The van der Waals surface area contributed by atoms with E-state index >= 15 is 0 Å². The van der Waals surface area contributed by atoms with Crippen LogP contribution in [0.3, 0.4) is 0 Å². The second-order valence-electron chi connectivity index (χ2n) is 3.24. The van der Waals surface area contributed by atoms with Crippen LogP contribution in [0.2, 0.25) is 0 Å². The number of hydrogen-bond donors (Lipinski definition) is 2. The molecule has 0 aliphatic heterocycles. The van der Waals surface area contributed by atoms with Crippen molar-refractivity contribution in [1.82, 2.24) is 0 Å². The van der Waals surface area contributed by atoms with Gasteiger partial charge in [0.05, 0.1) is 6.61 Å². The second-order valence-corrected chi connectivity index (χ2v) is 3.24. The molecule has 0 atom stereocenters. The first-order valence-electron chi connectivity index (χ1n) is 4.65. The van der Waals surface area contributed by atoms with Crippen molar-refractivity contribution >= 4 is 12.6 Å². The molecule has 1 rings (SSSR count). The monoisotopic (exact) mass is 194 g/mol. The maximum atomic E-state index is 9.05. The molecule has 0 aliphatic rings. The number of benzene rings is 1. The van der Waals surface area contributed by atoms with Crippen LogP contribution in [0.25, 0.3) is 0 Å². The third-order valence-corrected chi connectivity index (χ3v) is 2.09. The Morgan fingerprint density at radius 2 is 1.86 bits per heavy atom. The largest absolute Gasteiger partial charge is 0.488 e. The molecular weight excluding hydrogens is 179 g/mol. The number of rotatable bonds is 4. The van der Waals surface area contributed by atoms with E-state index in [4.69, 9.17) is 14.8 Å². The summed E-state index contributed by atoms with van der Waals surface area (Å²) in [7, 11) is 0.213. The molecule has 0 saturated carbocycles. The van der Waals surface area contributed by atoms with E-state index in [2.05, 4.69) is 0 Å². The molecule has 0 aliphatic carbocycles. The van der Waals surface area contributed by atoms with Gasteiger partial charge < -0.3 is 14.8 Å². The molecule has 0 spiro atoms. The Bertz CT molecular complexity index is 299. The van der Waals surface area contributed by atoms with Gasteiger partial charge in [0.15, 0.2) is 0 Å². The van der Waals surface area contributed by atoms with Gasteiger partial charge in [-0.25, -0.2) is 0 Å². The first-order valence-corrected chi connectivity index (χ1v) is 4.65.